The van der Waals surface area contributed by atoms with Crippen LogP contribution < -0.4 is 5.32 Å². The molecular weight excluding hydrogens is 260 g/mol. The third-order valence-electron chi connectivity index (χ3n) is 2.94. The van der Waals surface area contributed by atoms with Gasteiger partial charge < -0.3 is 0 Å². The largest absolute Gasteiger partial charge is 0.296 e. The Morgan fingerprint density at radius 2 is 1.95 bits per heavy atom. The van der Waals surface area contributed by atoms with Crippen molar-refractivity contribution in [2.75, 3.05) is 5.32 Å². The SMILES string of the molecule is CCC(CC)c1nnc(NC(=O)c2ccncc2)s1. The number of anilines is 1. The summed E-state index contributed by atoms with van der Waals surface area (Å²) in [7, 11) is 0. The van der Waals surface area contributed by atoms with Crippen molar-refractivity contribution >= 4 is 22.4 Å². The molecule has 2 aromatic heterocycles. The lowest BCUT2D eigenvalue weighted by molar-refractivity contribution is 0.102. The molecule has 0 aliphatic rings. The van der Waals surface area contributed by atoms with Gasteiger partial charge in [0.25, 0.3) is 5.91 Å². The molecule has 0 bridgehead atoms. The van der Waals surface area contributed by atoms with Crippen molar-refractivity contribution in [3.63, 3.8) is 0 Å². The summed E-state index contributed by atoms with van der Waals surface area (Å²) in [6, 6.07) is 3.33. The number of hydrogen-bond acceptors (Lipinski definition) is 5. The van der Waals surface area contributed by atoms with Crippen molar-refractivity contribution in [1.82, 2.24) is 15.2 Å². The smallest absolute Gasteiger partial charge is 0.257 e. The zero-order valence-electron chi connectivity index (χ0n) is 11.0. The second-order valence-corrected chi connectivity index (χ2v) is 5.16. The van der Waals surface area contributed by atoms with Gasteiger partial charge in [0.1, 0.15) is 5.01 Å². The van der Waals surface area contributed by atoms with Crippen LogP contribution in [0.3, 0.4) is 0 Å². The molecule has 0 aliphatic carbocycles. The van der Waals surface area contributed by atoms with Crippen molar-refractivity contribution < 1.29 is 4.79 Å². The van der Waals surface area contributed by atoms with Crippen molar-refractivity contribution in [1.29, 1.82) is 0 Å². The van der Waals surface area contributed by atoms with Gasteiger partial charge >= 0.3 is 0 Å². The highest BCUT2D eigenvalue weighted by Crippen LogP contribution is 2.28. The predicted octanol–water partition coefficient (Wildman–Crippen LogP) is 3.09. The molecule has 0 unspecified atom stereocenters. The molecule has 1 N–H and O–H groups in total. The minimum atomic E-state index is -0.186. The fourth-order valence-corrected chi connectivity index (χ4v) is 2.77. The van der Waals surface area contributed by atoms with Gasteiger partial charge in [-0.3, -0.25) is 15.1 Å². The lowest BCUT2D eigenvalue weighted by Gasteiger charge is -2.05. The summed E-state index contributed by atoms with van der Waals surface area (Å²) >= 11 is 1.44. The van der Waals surface area contributed by atoms with Gasteiger partial charge in [0.05, 0.1) is 0 Å². The normalized spacial score (nSPS) is 10.7. The number of nitrogens with zero attached hydrogens (tertiary/aromatic N) is 3. The minimum absolute atomic E-state index is 0.186. The molecule has 2 rings (SSSR count). The molecule has 0 saturated heterocycles. The average Bonchev–Trinajstić information content (AvgIpc) is 2.89. The number of pyridine rings is 1. The fraction of sp³-hybridized carbons (Fsp3) is 0.385. The van der Waals surface area contributed by atoms with Gasteiger partial charge in [-0.05, 0) is 25.0 Å². The number of amides is 1. The quantitative estimate of drug-likeness (QED) is 0.911. The number of hydrogen-bond donors (Lipinski definition) is 1. The van der Waals surface area contributed by atoms with Crippen LogP contribution in [0.1, 0.15) is 48.0 Å². The number of carbonyl (C=O) groups excluding carboxylic acids is 1. The molecule has 2 heterocycles. The molecule has 0 aromatic carbocycles. The van der Waals surface area contributed by atoms with E-state index in [0.29, 0.717) is 16.6 Å². The van der Waals surface area contributed by atoms with Crippen LogP contribution in [0.2, 0.25) is 0 Å². The monoisotopic (exact) mass is 276 g/mol. The molecule has 2 aromatic rings. The van der Waals surface area contributed by atoms with Crippen LogP contribution in [0, 0.1) is 0 Å². The second kappa shape index (κ2) is 6.38. The lowest BCUT2D eigenvalue weighted by Crippen LogP contribution is -2.11. The first-order valence-electron chi connectivity index (χ1n) is 6.29. The molecule has 0 saturated carbocycles. The first-order valence-corrected chi connectivity index (χ1v) is 7.11. The van der Waals surface area contributed by atoms with E-state index in [0.717, 1.165) is 17.8 Å². The number of rotatable bonds is 5. The Kier molecular flexibility index (Phi) is 4.57. The molecule has 5 nitrogen and oxygen atoms in total. The molecule has 0 fully saturated rings. The van der Waals surface area contributed by atoms with Gasteiger partial charge in [0, 0.05) is 23.9 Å². The number of nitrogens with one attached hydrogen (secondary N) is 1. The van der Waals surface area contributed by atoms with E-state index in [-0.39, 0.29) is 5.91 Å². The van der Waals surface area contributed by atoms with Crippen molar-refractivity contribution in [3.05, 3.63) is 35.1 Å². The van der Waals surface area contributed by atoms with Crippen LogP contribution in [0.15, 0.2) is 24.5 Å². The first kappa shape index (κ1) is 13.6. The molecule has 1 amide bonds. The van der Waals surface area contributed by atoms with Gasteiger partial charge in [-0.15, -0.1) is 10.2 Å². The Bertz CT molecular complexity index is 537. The summed E-state index contributed by atoms with van der Waals surface area (Å²) in [5, 5.41) is 12.5. The second-order valence-electron chi connectivity index (χ2n) is 4.15. The summed E-state index contributed by atoms with van der Waals surface area (Å²) < 4.78 is 0. The van der Waals surface area contributed by atoms with Crippen molar-refractivity contribution in [3.8, 4) is 0 Å². The Hall–Kier alpha value is -1.82. The first-order chi connectivity index (χ1) is 9.24. The van der Waals surface area contributed by atoms with Gasteiger partial charge in [-0.25, -0.2) is 0 Å². The average molecular weight is 276 g/mol. The van der Waals surface area contributed by atoms with Crippen LogP contribution in [0.25, 0.3) is 0 Å². The summed E-state index contributed by atoms with van der Waals surface area (Å²) in [6.07, 6.45) is 5.24. The zero-order chi connectivity index (χ0) is 13.7. The molecule has 0 radical (unpaired) electrons. The summed E-state index contributed by atoms with van der Waals surface area (Å²) in [5.41, 5.74) is 0.564. The van der Waals surface area contributed by atoms with Crippen LogP contribution in [-0.4, -0.2) is 21.1 Å². The van der Waals surface area contributed by atoms with E-state index >= 15 is 0 Å². The molecule has 100 valence electrons. The standard InChI is InChI=1S/C13H16N4OS/c1-3-9(4-2)12-16-17-13(19-12)15-11(18)10-5-7-14-8-6-10/h5-9H,3-4H2,1-2H3,(H,15,17,18). The van der Waals surface area contributed by atoms with Gasteiger partial charge in [-0.1, -0.05) is 25.2 Å². The van der Waals surface area contributed by atoms with Crippen LogP contribution in [0.5, 0.6) is 0 Å². The molecule has 0 atom stereocenters. The maximum Gasteiger partial charge on any atom is 0.257 e. The Morgan fingerprint density at radius 3 is 2.58 bits per heavy atom. The lowest BCUT2D eigenvalue weighted by atomic mass is 10.1. The van der Waals surface area contributed by atoms with E-state index in [4.69, 9.17) is 0 Å². The van der Waals surface area contributed by atoms with E-state index in [1.807, 2.05) is 0 Å². The topological polar surface area (TPSA) is 67.8 Å². The highest BCUT2D eigenvalue weighted by Gasteiger charge is 2.15. The van der Waals surface area contributed by atoms with E-state index in [2.05, 4.69) is 34.3 Å². The molecule has 19 heavy (non-hydrogen) atoms. The number of aromatic nitrogens is 3. The zero-order valence-corrected chi connectivity index (χ0v) is 11.8. The fourth-order valence-electron chi connectivity index (χ4n) is 1.76. The summed E-state index contributed by atoms with van der Waals surface area (Å²) in [6.45, 7) is 4.26. The van der Waals surface area contributed by atoms with Crippen LogP contribution >= 0.6 is 11.3 Å². The van der Waals surface area contributed by atoms with Crippen LogP contribution in [-0.2, 0) is 0 Å². The molecular formula is C13H16N4OS. The molecule has 0 aliphatic heterocycles. The Labute approximate surface area is 116 Å². The third-order valence-corrected chi connectivity index (χ3v) is 3.94. The Balaban J connectivity index is 2.06. The van der Waals surface area contributed by atoms with Gasteiger partial charge in [-0.2, -0.15) is 0 Å². The number of carbonyl (C=O) groups is 1. The highest BCUT2D eigenvalue weighted by molar-refractivity contribution is 7.15. The van der Waals surface area contributed by atoms with Gasteiger partial charge in [0.2, 0.25) is 5.13 Å². The third kappa shape index (κ3) is 3.35. The van der Waals surface area contributed by atoms with E-state index in [1.165, 1.54) is 11.3 Å². The van der Waals surface area contributed by atoms with Crippen molar-refractivity contribution in [2.45, 2.75) is 32.6 Å². The predicted molar refractivity (Wildman–Crippen MR) is 75.4 cm³/mol. The minimum Gasteiger partial charge on any atom is -0.296 e. The summed E-state index contributed by atoms with van der Waals surface area (Å²) in [5.74, 6) is 0.235. The van der Waals surface area contributed by atoms with Crippen LogP contribution in [0.4, 0.5) is 5.13 Å². The van der Waals surface area contributed by atoms with E-state index in [1.54, 1.807) is 24.5 Å². The molecule has 6 heteroatoms. The van der Waals surface area contributed by atoms with Gasteiger partial charge in [0.15, 0.2) is 0 Å². The summed E-state index contributed by atoms with van der Waals surface area (Å²) in [4.78, 5) is 15.8. The maximum absolute atomic E-state index is 11.9. The highest BCUT2D eigenvalue weighted by atomic mass is 32.1. The van der Waals surface area contributed by atoms with E-state index in [9.17, 15) is 4.79 Å². The van der Waals surface area contributed by atoms with Crippen molar-refractivity contribution in [2.24, 2.45) is 0 Å². The molecule has 0 spiro atoms. The Morgan fingerprint density at radius 1 is 1.26 bits per heavy atom. The maximum atomic E-state index is 11.9. The van der Waals surface area contributed by atoms with E-state index < -0.39 is 0 Å².